The van der Waals surface area contributed by atoms with Gasteiger partial charge in [-0.2, -0.15) is 0 Å². The fourth-order valence-corrected chi connectivity index (χ4v) is 5.00. The Morgan fingerprint density at radius 1 is 1.22 bits per heavy atom. The summed E-state index contributed by atoms with van der Waals surface area (Å²) in [5.41, 5.74) is 2.31. The van der Waals surface area contributed by atoms with Gasteiger partial charge in [0.2, 0.25) is 0 Å². The molecule has 3 aromatic heterocycles. The lowest BCUT2D eigenvalue weighted by atomic mass is 10.2. The first-order chi connectivity index (χ1) is 15.5. The summed E-state index contributed by atoms with van der Waals surface area (Å²) in [5.74, 6) is 1.13. The van der Waals surface area contributed by atoms with E-state index in [-0.39, 0.29) is 18.2 Å². The molecule has 0 saturated carbocycles. The zero-order chi connectivity index (χ0) is 22.2. The van der Waals surface area contributed by atoms with Crippen LogP contribution in [0.5, 0.6) is 5.75 Å². The van der Waals surface area contributed by atoms with Crippen molar-refractivity contribution in [3.63, 3.8) is 0 Å². The molecule has 1 amide bonds. The molecule has 0 aliphatic carbocycles. The number of ether oxygens (including phenoxy) is 1. The van der Waals surface area contributed by atoms with Gasteiger partial charge in [-0.1, -0.05) is 35.1 Å². The molecule has 0 saturated heterocycles. The molecule has 0 N–H and O–H groups in total. The molecule has 0 aliphatic rings. The number of thiazole rings is 1. The number of carbonyl (C=O) groups excluding carboxylic acids is 1. The second-order valence-corrected chi connectivity index (χ2v) is 8.70. The van der Waals surface area contributed by atoms with Gasteiger partial charge in [-0.15, -0.1) is 0 Å². The van der Waals surface area contributed by atoms with Crippen LogP contribution >= 0.6 is 22.9 Å². The summed E-state index contributed by atoms with van der Waals surface area (Å²) in [6.45, 7) is 4.57. The monoisotopic (exact) mass is 466 g/mol. The highest BCUT2D eigenvalue weighted by Crippen LogP contribution is 2.35. The van der Waals surface area contributed by atoms with Gasteiger partial charge in [0.1, 0.15) is 5.76 Å². The molecule has 0 fully saturated rings. The zero-order valence-corrected chi connectivity index (χ0v) is 19.0. The summed E-state index contributed by atoms with van der Waals surface area (Å²) in [5, 5.41) is 1.97. The molecular formula is C24H19ClN2O4S. The number of rotatable bonds is 6. The van der Waals surface area contributed by atoms with Crippen LogP contribution < -0.4 is 9.64 Å². The van der Waals surface area contributed by atoms with Crippen molar-refractivity contribution in [2.75, 3.05) is 11.5 Å². The van der Waals surface area contributed by atoms with Crippen molar-refractivity contribution in [3.05, 3.63) is 76.9 Å². The van der Waals surface area contributed by atoms with Crippen LogP contribution in [0.2, 0.25) is 5.02 Å². The van der Waals surface area contributed by atoms with Gasteiger partial charge in [0.15, 0.2) is 22.2 Å². The standard InChI is InChI=1S/C24H19ClN2O4S/c1-3-29-18-8-4-6-15-11-19(31-22(15)18)23(28)27(13-17-7-5-9-30-17)24-26-21-14(2)10-16(25)12-20(21)32-24/h4-12H,3,13H2,1-2H3. The average Bonchev–Trinajstić information content (AvgIpc) is 3.51. The molecule has 0 bridgehead atoms. The van der Waals surface area contributed by atoms with Gasteiger partial charge in [0, 0.05) is 10.4 Å². The molecule has 0 radical (unpaired) electrons. The first-order valence-corrected chi connectivity index (χ1v) is 11.3. The number of hydrogen-bond donors (Lipinski definition) is 0. The van der Waals surface area contributed by atoms with Crippen molar-refractivity contribution in [1.82, 2.24) is 4.98 Å². The minimum absolute atomic E-state index is 0.202. The number of aryl methyl sites for hydroxylation is 1. The molecule has 2 aromatic carbocycles. The van der Waals surface area contributed by atoms with Crippen molar-refractivity contribution in [3.8, 4) is 5.75 Å². The van der Waals surface area contributed by atoms with Crippen LogP contribution in [0.4, 0.5) is 5.13 Å². The number of benzene rings is 2. The first kappa shape index (κ1) is 20.6. The van der Waals surface area contributed by atoms with Gasteiger partial charge >= 0.3 is 0 Å². The van der Waals surface area contributed by atoms with E-state index in [1.54, 1.807) is 23.3 Å². The lowest BCUT2D eigenvalue weighted by Crippen LogP contribution is -2.29. The average molecular weight is 467 g/mol. The Morgan fingerprint density at radius 3 is 2.88 bits per heavy atom. The lowest BCUT2D eigenvalue weighted by molar-refractivity contribution is 0.0958. The van der Waals surface area contributed by atoms with Gasteiger partial charge in [-0.3, -0.25) is 9.69 Å². The summed E-state index contributed by atoms with van der Waals surface area (Å²) < 4.78 is 18.0. The van der Waals surface area contributed by atoms with Gasteiger partial charge in [-0.05, 0) is 55.8 Å². The Bertz CT molecular complexity index is 1420. The molecule has 3 heterocycles. The summed E-state index contributed by atoms with van der Waals surface area (Å²) >= 11 is 7.63. The van der Waals surface area contributed by atoms with E-state index in [0.29, 0.717) is 33.9 Å². The minimum atomic E-state index is -0.317. The fourth-order valence-electron chi connectivity index (χ4n) is 3.59. The van der Waals surface area contributed by atoms with Crippen LogP contribution in [0.3, 0.4) is 0 Å². The van der Waals surface area contributed by atoms with Crippen molar-refractivity contribution >= 4 is 55.2 Å². The van der Waals surface area contributed by atoms with Gasteiger partial charge in [0.25, 0.3) is 5.91 Å². The number of para-hydroxylation sites is 1. The summed E-state index contributed by atoms with van der Waals surface area (Å²) in [7, 11) is 0. The highest BCUT2D eigenvalue weighted by atomic mass is 35.5. The summed E-state index contributed by atoms with van der Waals surface area (Å²) in [6.07, 6.45) is 1.58. The Kier molecular flexibility index (Phi) is 5.36. The minimum Gasteiger partial charge on any atom is -0.490 e. The molecule has 32 heavy (non-hydrogen) atoms. The Balaban J connectivity index is 1.59. The third-order valence-electron chi connectivity index (χ3n) is 5.03. The fraction of sp³-hybridized carbons (Fsp3) is 0.167. The number of aromatic nitrogens is 1. The summed E-state index contributed by atoms with van der Waals surface area (Å²) in [6, 6.07) is 14.6. The zero-order valence-electron chi connectivity index (χ0n) is 17.4. The number of anilines is 1. The Morgan fingerprint density at radius 2 is 2.09 bits per heavy atom. The van der Waals surface area contributed by atoms with Gasteiger partial charge in [-0.25, -0.2) is 4.98 Å². The number of furan rings is 2. The van der Waals surface area contributed by atoms with E-state index in [0.717, 1.165) is 21.2 Å². The van der Waals surface area contributed by atoms with E-state index >= 15 is 0 Å². The number of hydrogen-bond acceptors (Lipinski definition) is 6. The van der Waals surface area contributed by atoms with Crippen LogP contribution in [-0.2, 0) is 6.54 Å². The third kappa shape index (κ3) is 3.74. The highest BCUT2D eigenvalue weighted by Gasteiger charge is 2.26. The van der Waals surface area contributed by atoms with Gasteiger partial charge < -0.3 is 13.6 Å². The molecule has 0 unspecified atom stereocenters. The summed E-state index contributed by atoms with van der Waals surface area (Å²) in [4.78, 5) is 19.9. The van der Waals surface area contributed by atoms with Crippen LogP contribution in [0.1, 0.15) is 28.8 Å². The van der Waals surface area contributed by atoms with Crippen molar-refractivity contribution in [1.29, 1.82) is 0 Å². The normalized spacial score (nSPS) is 11.3. The maximum absolute atomic E-state index is 13.6. The van der Waals surface area contributed by atoms with Crippen molar-refractivity contribution in [2.45, 2.75) is 20.4 Å². The van der Waals surface area contributed by atoms with E-state index in [9.17, 15) is 4.79 Å². The molecule has 0 atom stereocenters. The van der Waals surface area contributed by atoms with Crippen molar-refractivity contribution < 1.29 is 18.4 Å². The van der Waals surface area contributed by atoms with E-state index in [2.05, 4.69) is 0 Å². The maximum Gasteiger partial charge on any atom is 0.296 e. The second-order valence-electron chi connectivity index (χ2n) is 7.25. The molecule has 5 aromatic rings. The van der Waals surface area contributed by atoms with Crippen LogP contribution in [0, 0.1) is 6.92 Å². The predicted octanol–water partition coefficient (Wildman–Crippen LogP) is 6.84. The molecule has 8 heteroatoms. The van der Waals surface area contributed by atoms with Crippen LogP contribution in [-0.4, -0.2) is 17.5 Å². The quantitative estimate of drug-likeness (QED) is 0.274. The van der Waals surface area contributed by atoms with Crippen LogP contribution in [0.25, 0.3) is 21.2 Å². The van der Waals surface area contributed by atoms with Crippen molar-refractivity contribution in [2.24, 2.45) is 0 Å². The van der Waals surface area contributed by atoms with Gasteiger partial charge in [0.05, 0.1) is 29.6 Å². The number of halogens is 1. The number of carbonyl (C=O) groups is 1. The molecular weight excluding hydrogens is 448 g/mol. The molecule has 0 spiro atoms. The Labute approximate surface area is 193 Å². The molecule has 162 valence electrons. The highest BCUT2D eigenvalue weighted by molar-refractivity contribution is 7.22. The second kappa shape index (κ2) is 8.33. The van der Waals surface area contributed by atoms with E-state index in [4.69, 9.17) is 30.2 Å². The molecule has 5 rings (SSSR count). The topological polar surface area (TPSA) is 68.7 Å². The smallest absolute Gasteiger partial charge is 0.296 e. The van der Waals surface area contributed by atoms with E-state index in [1.165, 1.54) is 11.3 Å². The third-order valence-corrected chi connectivity index (χ3v) is 6.27. The lowest BCUT2D eigenvalue weighted by Gasteiger charge is -2.17. The molecule has 0 aliphatic heterocycles. The number of nitrogens with zero attached hydrogens (tertiary/aromatic N) is 2. The van der Waals surface area contributed by atoms with E-state index < -0.39 is 0 Å². The molecule has 6 nitrogen and oxygen atoms in total. The van der Waals surface area contributed by atoms with E-state index in [1.807, 2.05) is 50.2 Å². The maximum atomic E-state index is 13.6. The number of fused-ring (bicyclic) bond motifs is 2. The Hall–Kier alpha value is -3.29. The predicted molar refractivity (Wildman–Crippen MR) is 126 cm³/mol. The van der Waals surface area contributed by atoms with Crippen LogP contribution in [0.15, 0.2) is 63.6 Å². The SMILES string of the molecule is CCOc1cccc2cc(C(=O)N(Cc3ccco3)c3nc4c(C)cc(Cl)cc4s3)oc12. The first-order valence-electron chi connectivity index (χ1n) is 10.1. The largest absolute Gasteiger partial charge is 0.490 e. The number of amides is 1.